The molecule has 0 radical (unpaired) electrons. The van der Waals surface area contributed by atoms with Crippen molar-refractivity contribution in [3.63, 3.8) is 0 Å². The van der Waals surface area contributed by atoms with Gasteiger partial charge in [-0.3, -0.25) is 0 Å². The van der Waals surface area contributed by atoms with Crippen molar-refractivity contribution >= 4 is 35.6 Å². The largest absolute Gasteiger partial charge is 0.505 e. The second kappa shape index (κ2) is 7.23. The van der Waals surface area contributed by atoms with Crippen molar-refractivity contribution in [3.8, 4) is 5.75 Å². The van der Waals surface area contributed by atoms with E-state index in [1.165, 1.54) is 0 Å². The number of halogens is 3. The van der Waals surface area contributed by atoms with E-state index in [1.54, 1.807) is 12.1 Å². The monoisotopic (exact) mass is 283 g/mol. The number of unbranched alkanes of at least 4 members (excludes halogenated alkanes) is 1. The van der Waals surface area contributed by atoms with Gasteiger partial charge >= 0.3 is 0 Å². The predicted molar refractivity (Wildman–Crippen MR) is 71.8 cm³/mol. The molecule has 2 nitrogen and oxygen atoms in total. The summed E-state index contributed by atoms with van der Waals surface area (Å²) in [6, 6.07) is 3.27. The van der Waals surface area contributed by atoms with Gasteiger partial charge in [0.2, 0.25) is 0 Å². The average Bonchev–Trinajstić information content (AvgIpc) is 2.21. The molecule has 3 N–H and O–H groups in total. The first-order chi connectivity index (χ1) is 7.06. The SMILES string of the molecule is CCCC[C@H](N)c1cc(Cl)c(O)c(Cl)c1.Cl. The van der Waals surface area contributed by atoms with Gasteiger partial charge in [-0.25, -0.2) is 0 Å². The summed E-state index contributed by atoms with van der Waals surface area (Å²) in [5.41, 5.74) is 6.84. The van der Waals surface area contributed by atoms with Gasteiger partial charge in [-0.15, -0.1) is 12.4 Å². The van der Waals surface area contributed by atoms with Crippen LogP contribution in [0.3, 0.4) is 0 Å². The van der Waals surface area contributed by atoms with Crippen molar-refractivity contribution in [2.24, 2.45) is 5.73 Å². The Bertz CT molecular complexity index is 321. The van der Waals surface area contributed by atoms with Crippen LogP contribution in [-0.2, 0) is 0 Å². The van der Waals surface area contributed by atoms with Gasteiger partial charge in [0.05, 0.1) is 10.0 Å². The van der Waals surface area contributed by atoms with Crippen LogP contribution in [0.1, 0.15) is 37.8 Å². The quantitative estimate of drug-likeness (QED) is 0.865. The molecule has 0 amide bonds. The molecule has 92 valence electrons. The Kier molecular flexibility index (Phi) is 7.16. The molecule has 0 aliphatic rings. The first-order valence-electron chi connectivity index (χ1n) is 4.99. The molecule has 0 saturated carbocycles. The van der Waals surface area contributed by atoms with Crippen LogP contribution in [0.5, 0.6) is 5.75 Å². The van der Waals surface area contributed by atoms with Crippen LogP contribution < -0.4 is 5.73 Å². The summed E-state index contributed by atoms with van der Waals surface area (Å²) in [5, 5.41) is 9.89. The lowest BCUT2D eigenvalue weighted by Crippen LogP contribution is -2.09. The van der Waals surface area contributed by atoms with Crippen LogP contribution in [-0.4, -0.2) is 5.11 Å². The Morgan fingerprint density at radius 3 is 2.25 bits per heavy atom. The molecule has 1 aromatic carbocycles. The van der Waals surface area contributed by atoms with Crippen molar-refractivity contribution < 1.29 is 5.11 Å². The number of phenolic OH excluding ortho intramolecular Hbond substituents is 1. The first kappa shape index (κ1) is 15.9. The molecular formula is C11H16Cl3NO. The van der Waals surface area contributed by atoms with Crippen LogP contribution in [0.25, 0.3) is 0 Å². The van der Waals surface area contributed by atoms with Crippen LogP contribution in [0, 0.1) is 0 Å². The zero-order valence-electron chi connectivity index (χ0n) is 9.04. The topological polar surface area (TPSA) is 46.2 Å². The fourth-order valence-electron chi connectivity index (χ4n) is 1.39. The van der Waals surface area contributed by atoms with Gasteiger partial charge in [-0.05, 0) is 24.1 Å². The van der Waals surface area contributed by atoms with Gasteiger partial charge < -0.3 is 10.8 Å². The second-order valence-electron chi connectivity index (χ2n) is 3.58. The maximum absolute atomic E-state index is 9.38. The van der Waals surface area contributed by atoms with E-state index in [-0.39, 0.29) is 34.2 Å². The minimum absolute atomic E-state index is 0. The number of phenols is 1. The summed E-state index contributed by atoms with van der Waals surface area (Å²) in [6.45, 7) is 2.11. The molecule has 16 heavy (non-hydrogen) atoms. The van der Waals surface area contributed by atoms with E-state index in [0.717, 1.165) is 24.8 Å². The predicted octanol–water partition coefficient (Wildman–Crippen LogP) is 4.31. The molecule has 0 bridgehead atoms. The summed E-state index contributed by atoms with van der Waals surface area (Å²) >= 11 is 11.6. The fourth-order valence-corrected chi connectivity index (χ4v) is 1.89. The lowest BCUT2D eigenvalue weighted by Gasteiger charge is -2.13. The highest BCUT2D eigenvalue weighted by atomic mass is 35.5. The van der Waals surface area contributed by atoms with Crippen LogP contribution >= 0.6 is 35.6 Å². The van der Waals surface area contributed by atoms with Crippen molar-refractivity contribution in [1.82, 2.24) is 0 Å². The molecule has 0 fully saturated rings. The van der Waals surface area contributed by atoms with Crippen LogP contribution in [0.2, 0.25) is 10.0 Å². The smallest absolute Gasteiger partial charge is 0.152 e. The second-order valence-corrected chi connectivity index (χ2v) is 4.40. The molecule has 0 aromatic heterocycles. The van der Waals surface area contributed by atoms with E-state index in [0.29, 0.717) is 0 Å². The third-order valence-corrected chi connectivity index (χ3v) is 2.91. The lowest BCUT2D eigenvalue weighted by atomic mass is 10.0. The molecule has 0 spiro atoms. The summed E-state index contributed by atoms with van der Waals surface area (Å²) in [7, 11) is 0. The minimum atomic E-state index is -0.0789. The van der Waals surface area contributed by atoms with Gasteiger partial charge in [0.1, 0.15) is 0 Å². The highest BCUT2D eigenvalue weighted by molar-refractivity contribution is 6.37. The van der Waals surface area contributed by atoms with E-state index in [2.05, 4.69) is 6.92 Å². The Labute approximate surface area is 112 Å². The summed E-state index contributed by atoms with van der Waals surface area (Å²) in [5.74, 6) is -0.0789. The van der Waals surface area contributed by atoms with Gasteiger partial charge in [0, 0.05) is 6.04 Å². The van der Waals surface area contributed by atoms with Crippen molar-refractivity contribution in [3.05, 3.63) is 27.7 Å². The maximum atomic E-state index is 9.38. The van der Waals surface area contributed by atoms with E-state index < -0.39 is 0 Å². The molecule has 1 atom stereocenters. The van der Waals surface area contributed by atoms with Crippen molar-refractivity contribution in [2.45, 2.75) is 32.2 Å². The average molecular weight is 285 g/mol. The normalized spacial score (nSPS) is 12.0. The molecule has 0 aliphatic heterocycles. The summed E-state index contributed by atoms with van der Waals surface area (Å²) in [4.78, 5) is 0. The third kappa shape index (κ3) is 4.02. The Morgan fingerprint density at radius 1 is 1.31 bits per heavy atom. The van der Waals surface area contributed by atoms with Crippen molar-refractivity contribution in [2.75, 3.05) is 0 Å². The van der Waals surface area contributed by atoms with Crippen LogP contribution in [0.4, 0.5) is 0 Å². The van der Waals surface area contributed by atoms with E-state index in [4.69, 9.17) is 28.9 Å². The highest BCUT2D eigenvalue weighted by Gasteiger charge is 2.11. The number of nitrogens with two attached hydrogens (primary N) is 1. The first-order valence-corrected chi connectivity index (χ1v) is 5.75. The van der Waals surface area contributed by atoms with Gasteiger partial charge in [-0.1, -0.05) is 43.0 Å². The zero-order chi connectivity index (χ0) is 11.4. The number of benzene rings is 1. The summed E-state index contributed by atoms with van der Waals surface area (Å²) < 4.78 is 0. The molecule has 1 rings (SSSR count). The minimum Gasteiger partial charge on any atom is -0.505 e. The number of hydrogen-bond acceptors (Lipinski definition) is 2. The molecule has 0 saturated heterocycles. The number of hydrogen-bond donors (Lipinski definition) is 2. The Morgan fingerprint density at radius 2 is 1.81 bits per heavy atom. The third-order valence-electron chi connectivity index (χ3n) is 2.34. The fraction of sp³-hybridized carbons (Fsp3) is 0.455. The van der Waals surface area contributed by atoms with Gasteiger partial charge in [0.25, 0.3) is 0 Å². The highest BCUT2D eigenvalue weighted by Crippen LogP contribution is 2.34. The van der Waals surface area contributed by atoms with Gasteiger partial charge in [-0.2, -0.15) is 0 Å². The van der Waals surface area contributed by atoms with E-state index in [9.17, 15) is 5.11 Å². The van der Waals surface area contributed by atoms with Crippen LogP contribution in [0.15, 0.2) is 12.1 Å². The molecule has 1 aromatic rings. The van der Waals surface area contributed by atoms with Crippen molar-refractivity contribution in [1.29, 1.82) is 0 Å². The van der Waals surface area contributed by atoms with E-state index >= 15 is 0 Å². The number of rotatable bonds is 4. The molecular weight excluding hydrogens is 268 g/mol. The van der Waals surface area contributed by atoms with Gasteiger partial charge in [0.15, 0.2) is 5.75 Å². The molecule has 0 aliphatic carbocycles. The maximum Gasteiger partial charge on any atom is 0.152 e. The molecule has 0 heterocycles. The summed E-state index contributed by atoms with van der Waals surface area (Å²) in [6.07, 6.45) is 3.07. The molecule has 5 heteroatoms. The zero-order valence-corrected chi connectivity index (χ0v) is 11.4. The Hall–Kier alpha value is -0.150. The number of aromatic hydroxyl groups is 1. The standard InChI is InChI=1S/C11H15Cl2NO.ClH/c1-2-3-4-10(14)7-5-8(12)11(15)9(13)6-7;/h5-6,10,15H,2-4,14H2,1H3;1H/t10-;/m0./s1. The van der Waals surface area contributed by atoms with E-state index in [1.807, 2.05) is 0 Å². The molecule has 0 unspecified atom stereocenters. The lowest BCUT2D eigenvalue weighted by molar-refractivity contribution is 0.475. The Balaban J connectivity index is 0.00000225.